The lowest BCUT2D eigenvalue weighted by Gasteiger charge is -2.28. The molecule has 24 heavy (non-hydrogen) atoms. The fraction of sp³-hybridized carbons (Fsp3) is 0.368. The Morgan fingerprint density at radius 3 is 2.21 bits per heavy atom. The topological polar surface area (TPSA) is 49.2 Å². The van der Waals surface area contributed by atoms with Gasteiger partial charge in [0.05, 0.1) is 10.9 Å². The van der Waals surface area contributed by atoms with Gasteiger partial charge in [0.1, 0.15) is 0 Å². The molecule has 0 saturated carbocycles. The fourth-order valence-electron chi connectivity index (χ4n) is 3.04. The number of nitrogens with one attached hydrogen (secondary N) is 1. The third-order valence-corrected chi connectivity index (χ3v) is 5.98. The van der Waals surface area contributed by atoms with Crippen LogP contribution in [0.15, 0.2) is 59.5 Å². The van der Waals surface area contributed by atoms with E-state index >= 15 is 0 Å². The average molecular weight is 344 g/mol. The molecule has 5 heteroatoms. The summed E-state index contributed by atoms with van der Waals surface area (Å²) in [5.41, 5.74) is 2.21. The largest absolute Gasteiger partial charge is 0.292 e. The van der Waals surface area contributed by atoms with Gasteiger partial charge in [0.25, 0.3) is 0 Å². The van der Waals surface area contributed by atoms with Crippen LogP contribution in [-0.2, 0) is 10.0 Å². The highest BCUT2D eigenvalue weighted by molar-refractivity contribution is 7.89. The molecule has 4 nitrogen and oxygen atoms in total. The second-order valence-corrected chi connectivity index (χ2v) is 8.05. The molecule has 1 fully saturated rings. The van der Waals surface area contributed by atoms with Gasteiger partial charge < -0.3 is 0 Å². The first-order valence-corrected chi connectivity index (χ1v) is 9.87. The highest BCUT2D eigenvalue weighted by atomic mass is 32.2. The third kappa shape index (κ3) is 3.86. The number of sulfonamides is 1. The van der Waals surface area contributed by atoms with Crippen molar-refractivity contribution < 1.29 is 8.42 Å². The summed E-state index contributed by atoms with van der Waals surface area (Å²) in [6.07, 6.45) is 0.737. The lowest BCUT2D eigenvalue weighted by atomic mass is 9.98. The first kappa shape index (κ1) is 17.1. The Bertz CT molecular complexity index is 769. The molecule has 1 saturated heterocycles. The Hall–Kier alpha value is -1.69. The summed E-state index contributed by atoms with van der Waals surface area (Å²) in [6, 6.07) is 17.1. The number of benzene rings is 2. The summed E-state index contributed by atoms with van der Waals surface area (Å²) < 4.78 is 28.5. The summed E-state index contributed by atoms with van der Waals surface area (Å²) in [5.74, 6) is 0. The standard InChI is InChI=1S/C19H24N2O2S/c1-3-18(19(21-13-14-21)16-7-5-4-6-8-16)20-24(22,23)17-11-9-15(2)10-12-17/h4-12,18-20H,3,13-14H2,1-2H3/t18-,19+/m0/s1. The van der Waals surface area contributed by atoms with Crippen molar-refractivity contribution in [2.24, 2.45) is 0 Å². The first-order valence-electron chi connectivity index (χ1n) is 8.39. The van der Waals surface area contributed by atoms with E-state index in [0.717, 1.165) is 30.6 Å². The molecule has 0 unspecified atom stereocenters. The molecule has 2 aromatic rings. The zero-order valence-corrected chi connectivity index (χ0v) is 15.0. The number of aryl methyl sites for hydroxylation is 1. The lowest BCUT2D eigenvalue weighted by molar-refractivity contribution is 0.322. The highest BCUT2D eigenvalue weighted by Crippen LogP contribution is 2.31. The average Bonchev–Trinajstić information content (AvgIpc) is 3.40. The second-order valence-electron chi connectivity index (χ2n) is 6.34. The van der Waals surface area contributed by atoms with E-state index in [0.29, 0.717) is 4.90 Å². The third-order valence-electron chi connectivity index (χ3n) is 4.48. The zero-order valence-electron chi connectivity index (χ0n) is 14.1. The second kappa shape index (κ2) is 7.05. The van der Waals surface area contributed by atoms with Gasteiger partial charge in [-0.3, -0.25) is 4.90 Å². The molecular formula is C19H24N2O2S. The molecule has 2 atom stereocenters. The van der Waals surface area contributed by atoms with Gasteiger partial charge in [0.2, 0.25) is 10.0 Å². The minimum Gasteiger partial charge on any atom is -0.292 e. The maximum atomic E-state index is 12.8. The number of hydrogen-bond donors (Lipinski definition) is 1. The normalized spacial score (nSPS) is 17.4. The van der Waals surface area contributed by atoms with Gasteiger partial charge in [0.15, 0.2) is 0 Å². The molecule has 0 radical (unpaired) electrons. The van der Waals surface area contributed by atoms with Crippen LogP contribution in [0.4, 0.5) is 0 Å². The molecular weight excluding hydrogens is 320 g/mol. The Labute approximate surface area is 144 Å². The molecule has 2 aromatic carbocycles. The minimum atomic E-state index is -3.52. The molecule has 1 heterocycles. The van der Waals surface area contributed by atoms with E-state index in [1.54, 1.807) is 12.1 Å². The van der Waals surface area contributed by atoms with E-state index in [9.17, 15) is 8.42 Å². The van der Waals surface area contributed by atoms with Crippen molar-refractivity contribution in [3.63, 3.8) is 0 Å². The Kier molecular flexibility index (Phi) is 5.04. The van der Waals surface area contributed by atoms with Gasteiger partial charge >= 0.3 is 0 Å². The van der Waals surface area contributed by atoms with Crippen LogP contribution < -0.4 is 4.72 Å². The van der Waals surface area contributed by atoms with Crippen molar-refractivity contribution in [3.8, 4) is 0 Å². The van der Waals surface area contributed by atoms with Crippen molar-refractivity contribution in [1.82, 2.24) is 9.62 Å². The van der Waals surface area contributed by atoms with Gasteiger partial charge in [-0.2, -0.15) is 0 Å². The number of hydrogen-bond acceptors (Lipinski definition) is 3. The zero-order chi connectivity index (χ0) is 17.2. The van der Waals surface area contributed by atoms with E-state index in [2.05, 4.69) is 21.8 Å². The maximum Gasteiger partial charge on any atom is 0.240 e. The predicted molar refractivity (Wildman–Crippen MR) is 96.3 cm³/mol. The minimum absolute atomic E-state index is 0.0800. The van der Waals surface area contributed by atoms with Gasteiger partial charge in [-0.05, 0) is 31.0 Å². The van der Waals surface area contributed by atoms with Crippen molar-refractivity contribution in [3.05, 3.63) is 65.7 Å². The van der Waals surface area contributed by atoms with E-state index in [-0.39, 0.29) is 12.1 Å². The SMILES string of the molecule is CC[C@H](NS(=O)(=O)c1ccc(C)cc1)[C@@H](c1ccccc1)N1CC1. The van der Waals surface area contributed by atoms with Crippen LogP contribution >= 0.6 is 0 Å². The van der Waals surface area contributed by atoms with Crippen LogP contribution in [0.3, 0.4) is 0 Å². The molecule has 3 rings (SSSR count). The van der Waals surface area contributed by atoms with Gasteiger partial charge in [-0.15, -0.1) is 0 Å². The van der Waals surface area contributed by atoms with Crippen molar-refractivity contribution in [2.45, 2.75) is 37.2 Å². The smallest absolute Gasteiger partial charge is 0.240 e. The van der Waals surface area contributed by atoms with Crippen LogP contribution in [0.5, 0.6) is 0 Å². The van der Waals surface area contributed by atoms with Crippen LogP contribution in [-0.4, -0.2) is 32.4 Å². The fourth-order valence-corrected chi connectivity index (χ4v) is 4.36. The number of nitrogens with zero attached hydrogens (tertiary/aromatic N) is 1. The summed E-state index contributed by atoms with van der Waals surface area (Å²) in [4.78, 5) is 2.63. The predicted octanol–water partition coefficient (Wildman–Crippen LogP) is 3.11. The van der Waals surface area contributed by atoms with E-state index in [1.165, 1.54) is 0 Å². The summed E-state index contributed by atoms with van der Waals surface area (Å²) in [7, 11) is -3.52. The molecule has 0 bridgehead atoms. The van der Waals surface area contributed by atoms with Crippen LogP contribution in [0, 0.1) is 6.92 Å². The molecule has 0 aromatic heterocycles. The van der Waals surface area contributed by atoms with Crippen LogP contribution in [0.1, 0.15) is 30.5 Å². The molecule has 1 N–H and O–H groups in total. The van der Waals surface area contributed by atoms with Crippen molar-refractivity contribution >= 4 is 10.0 Å². The molecule has 1 aliphatic rings. The molecule has 1 aliphatic heterocycles. The van der Waals surface area contributed by atoms with Gasteiger partial charge in [-0.1, -0.05) is 55.0 Å². The van der Waals surface area contributed by atoms with Crippen molar-refractivity contribution in [2.75, 3.05) is 13.1 Å². The summed E-state index contributed by atoms with van der Waals surface area (Å²) in [6.45, 7) is 6.01. The molecule has 0 amide bonds. The number of rotatable bonds is 7. The molecule has 128 valence electrons. The maximum absolute atomic E-state index is 12.8. The van der Waals surface area contributed by atoms with Gasteiger partial charge in [0, 0.05) is 19.1 Å². The highest BCUT2D eigenvalue weighted by Gasteiger charge is 2.36. The van der Waals surface area contributed by atoms with E-state index < -0.39 is 10.0 Å². The molecule has 0 aliphatic carbocycles. The Morgan fingerprint density at radius 1 is 1.04 bits per heavy atom. The lowest BCUT2D eigenvalue weighted by Crippen LogP contribution is -2.41. The Balaban J connectivity index is 1.86. The van der Waals surface area contributed by atoms with Crippen LogP contribution in [0.2, 0.25) is 0 Å². The monoisotopic (exact) mass is 344 g/mol. The van der Waals surface area contributed by atoms with E-state index in [4.69, 9.17) is 0 Å². The van der Waals surface area contributed by atoms with E-state index in [1.807, 2.05) is 44.2 Å². The Morgan fingerprint density at radius 2 is 1.67 bits per heavy atom. The van der Waals surface area contributed by atoms with Crippen molar-refractivity contribution in [1.29, 1.82) is 0 Å². The summed E-state index contributed by atoms with van der Waals surface area (Å²) >= 11 is 0. The first-order chi connectivity index (χ1) is 11.5. The van der Waals surface area contributed by atoms with Gasteiger partial charge in [-0.25, -0.2) is 13.1 Å². The molecule has 0 spiro atoms. The summed E-state index contributed by atoms with van der Waals surface area (Å²) in [5, 5.41) is 0. The van der Waals surface area contributed by atoms with Crippen LogP contribution in [0.25, 0.3) is 0 Å². The quantitative estimate of drug-likeness (QED) is 0.785.